The van der Waals surface area contributed by atoms with Gasteiger partial charge in [-0.3, -0.25) is 10.1 Å². The fourth-order valence-electron chi connectivity index (χ4n) is 1.45. The van der Waals surface area contributed by atoms with Crippen molar-refractivity contribution in [2.75, 3.05) is 6.61 Å². The van der Waals surface area contributed by atoms with E-state index in [0.29, 0.717) is 6.61 Å². The molecule has 0 aliphatic rings. The number of amides is 1. The Bertz CT molecular complexity index is 277. The van der Waals surface area contributed by atoms with E-state index in [-0.39, 0.29) is 6.42 Å². The Labute approximate surface area is 115 Å². The van der Waals surface area contributed by atoms with Crippen molar-refractivity contribution in [2.45, 2.75) is 58.3 Å². The molecule has 0 aliphatic carbocycles. The van der Waals surface area contributed by atoms with Crippen molar-refractivity contribution in [1.29, 1.82) is 0 Å². The molecular formula is C14H25NO4. The molecule has 0 aromatic rings. The van der Waals surface area contributed by atoms with Gasteiger partial charge in [0.2, 0.25) is 0 Å². The maximum atomic E-state index is 11.1. The first-order valence-electron chi connectivity index (χ1n) is 6.97. The largest absolute Gasteiger partial charge is 0.481 e. The number of carbonyl (C=O) groups excluding carboxylic acids is 1. The summed E-state index contributed by atoms with van der Waals surface area (Å²) in [6.45, 7) is 2.50. The van der Waals surface area contributed by atoms with Crippen LogP contribution in [0.1, 0.15) is 58.3 Å². The minimum Gasteiger partial charge on any atom is -0.481 e. The van der Waals surface area contributed by atoms with E-state index in [1.54, 1.807) is 6.20 Å². The van der Waals surface area contributed by atoms with Crippen LogP contribution in [0.15, 0.2) is 12.3 Å². The third kappa shape index (κ3) is 14.4. The predicted octanol–water partition coefficient (Wildman–Crippen LogP) is 3.45. The van der Waals surface area contributed by atoms with Crippen molar-refractivity contribution in [3.8, 4) is 0 Å². The van der Waals surface area contributed by atoms with Crippen LogP contribution in [0.4, 0.5) is 4.79 Å². The lowest BCUT2D eigenvalue weighted by molar-refractivity contribution is -0.137. The molecule has 0 unspecified atom stereocenters. The Morgan fingerprint density at radius 3 is 2.58 bits per heavy atom. The first-order chi connectivity index (χ1) is 9.16. The second kappa shape index (κ2) is 12.9. The van der Waals surface area contributed by atoms with Gasteiger partial charge in [-0.15, -0.1) is 0 Å². The monoisotopic (exact) mass is 271 g/mol. The highest BCUT2D eigenvalue weighted by Gasteiger charge is 1.97. The van der Waals surface area contributed by atoms with Crippen molar-refractivity contribution in [3.05, 3.63) is 12.3 Å². The van der Waals surface area contributed by atoms with Crippen molar-refractivity contribution in [1.82, 2.24) is 5.32 Å². The highest BCUT2D eigenvalue weighted by Crippen LogP contribution is 2.05. The standard InChI is InChI=1S/C14H25NO4/c1-2-3-12-19-14(18)15-11-9-7-5-4-6-8-10-13(16)17/h9,11H,2-8,10,12H2,1H3,(H,15,18)(H,16,17). The van der Waals surface area contributed by atoms with Crippen LogP contribution in [0.2, 0.25) is 0 Å². The molecule has 0 bridgehead atoms. The quantitative estimate of drug-likeness (QED) is 0.564. The lowest BCUT2D eigenvalue weighted by Gasteiger charge is -2.02. The molecule has 0 aromatic heterocycles. The number of aliphatic carboxylic acids is 1. The van der Waals surface area contributed by atoms with Gasteiger partial charge in [-0.1, -0.05) is 32.3 Å². The van der Waals surface area contributed by atoms with Crippen molar-refractivity contribution >= 4 is 12.1 Å². The number of hydrogen-bond acceptors (Lipinski definition) is 3. The summed E-state index contributed by atoms with van der Waals surface area (Å²) in [6.07, 6.45) is 9.78. The van der Waals surface area contributed by atoms with Gasteiger partial charge in [-0.2, -0.15) is 0 Å². The van der Waals surface area contributed by atoms with Gasteiger partial charge in [0.15, 0.2) is 0 Å². The van der Waals surface area contributed by atoms with Crippen molar-refractivity contribution in [3.63, 3.8) is 0 Å². The van der Waals surface area contributed by atoms with Gasteiger partial charge >= 0.3 is 12.1 Å². The first-order valence-corrected chi connectivity index (χ1v) is 6.97. The number of rotatable bonds is 11. The van der Waals surface area contributed by atoms with E-state index in [9.17, 15) is 9.59 Å². The number of allylic oxidation sites excluding steroid dienone is 1. The zero-order valence-electron chi connectivity index (χ0n) is 11.7. The summed E-state index contributed by atoms with van der Waals surface area (Å²) in [4.78, 5) is 21.4. The van der Waals surface area contributed by atoms with E-state index in [0.717, 1.165) is 44.9 Å². The maximum Gasteiger partial charge on any atom is 0.411 e. The van der Waals surface area contributed by atoms with E-state index >= 15 is 0 Å². The summed E-state index contributed by atoms with van der Waals surface area (Å²) in [5, 5.41) is 11.0. The molecule has 110 valence electrons. The Kier molecular flexibility index (Phi) is 11.9. The fraction of sp³-hybridized carbons (Fsp3) is 0.714. The van der Waals surface area contributed by atoms with E-state index in [2.05, 4.69) is 5.32 Å². The first kappa shape index (κ1) is 17.5. The highest BCUT2D eigenvalue weighted by atomic mass is 16.5. The average Bonchev–Trinajstić information content (AvgIpc) is 2.36. The Morgan fingerprint density at radius 1 is 1.16 bits per heavy atom. The number of ether oxygens (including phenoxy) is 1. The molecular weight excluding hydrogens is 246 g/mol. The molecule has 0 spiro atoms. The molecule has 19 heavy (non-hydrogen) atoms. The zero-order chi connectivity index (χ0) is 14.3. The second-order valence-corrected chi connectivity index (χ2v) is 4.38. The van der Waals surface area contributed by atoms with Crippen LogP contribution in [-0.2, 0) is 9.53 Å². The number of carbonyl (C=O) groups is 2. The van der Waals surface area contributed by atoms with Gasteiger partial charge < -0.3 is 9.84 Å². The van der Waals surface area contributed by atoms with Gasteiger partial charge in [0.1, 0.15) is 0 Å². The van der Waals surface area contributed by atoms with Crippen LogP contribution in [0.3, 0.4) is 0 Å². The van der Waals surface area contributed by atoms with Crippen LogP contribution >= 0.6 is 0 Å². The Hall–Kier alpha value is -1.52. The van der Waals surface area contributed by atoms with Crippen LogP contribution in [0.5, 0.6) is 0 Å². The molecule has 0 rings (SSSR count). The smallest absolute Gasteiger partial charge is 0.411 e. The van der Waals surface area contributed by atoms with Gasteiger partial charge in [-0.05, 0) is 25.7 Å². The highest BCUT2D eigenvalue weighted by molar-refractivity contribution is 5.68. The summed E-state index contributed by atoms with van der Waals surface area (Å²) in [6, 6.07) is 0. The van der Waals surface area contributed by atoms with Crippen LogP contribution in [-0.4, -0.2) is 23.8 Å². The predicted molar refractivity (Wildman–Crippen MR) is 73.9 cm³/mol. The SMILES string of the molecule is CCCCOC(=O)NC=CCCCCCCC(=O)O. The molecule has 0 aromatic carbocycles. The summed E-state index contributed by atoms with van der Waals surface area (Å²) >= 11 is 0. The van der Waals surface area contributed by atoms with Crippen molar-refractivity contribution < 1.29 is 19.4 Å². The topological polar surface area (TPSA) is 75.6 Å². The van der Waals surface area contributed by atoms with Crippen molar-refractivity contribution in [2.24, 2.45) is 0 Å². The summed E-state index contributed by atoms with van der Waals surface area (Å²) < 4.78 is 4.91. The summed E-state index contributed by atoms with van der Waals surface area (Å²) in [5.41, 5.74) is 0. The normalized spacial score (nSPS) is 10.6. The number of hydrogen-bond donors (Lipinski definition) is 2. The third-order valence-corrected chi connectivity index (χ3v) is 2.56. The number of alkyl carbamates (subject to hydrolysis) is 1. The molecule has 1 amide bonds. The van der Waals surface area contributed by atoms with Gasteiger partial charge in [0, 0.05) is 12.6 Å². The van der Waals surface area contributed by atoms with Crippen LogP contribution in [0.25, 0.3) is 0 Å². The summed E-state index contributed by atoms with van der Waals surface area (Å²) in [7, 11) is 0. The van der Waals surface area contributed by atoms with E-state index in [4.69, 9.17) is 9.84 Å². The lowest BCUT2D eigenvalue weighted by Crippen LogP contribution is -2.18. The number of carboxylic acids is 1. The Balaban J connectivity index is 3.29. The van der Waals surface area contributed by atoms with Crippen LogP contribution < -0.4 is 5.32 Å². The molecule has 0 fully saturated rings. The summed E-state index contributed by atoms with van der Waals surface area (Å²) in [5.74, 6) is -0.731. The molecule has 5 nitrogen and oxygen atoms in total. The van der Waals surface area contributed by atoms with E-state index in [1.165, 1.54) is 0 Å². The second-order valence-electron chi connectivity index (χ2n) is 4.38. The Morgan fingerprint density at radius 2 is 1.89 bits per heavy atom. The minimum atomic E-state index is -0.731. The number of unbranched alkanes of at least 4 members (excludes halogenated alkanes) is 5. The van der Waals surface area contributed by atoms with Gasteiger partial charge in [0.25, 0.3) is 0 Å². The lowest BCUT2D eigenvalue weighted by atomic mass is 10.1. The fourth-order valence-corrected chi connectivity index (χ4v) is 1.45. The number of carboxylic acid groups (broad SMARTS) is 1. The molecule has 0 saturated carbocycles. The molecule has 0 atom stereocenters. The molecule has 2 N–H and O–H groups in total. The molecule has 0 heterocycles. The zero-order valence-corrected chi connectivity index (χ0v) is 11.7. The van der Waals surface area contributed by atoms with Gasteiger partial charge in [0.05, 0.1) is 6.61 Å². The maximum absolute atomic E-state index is 11.1. The molecule has 0 radical (unpaired) electrons. The minimum absolute atomic E-state index is 0.251. The third-order valence-electron chi connectivity index (χ3n) is 2.56. The molecule has 0 saturated heterocycles. The molecule has 5 heteroatoms. The molecule has 0 aliphatic heterocycles. The van der Waals surface area contributed by atoms with Gasteiger partial charge in [-0.25, -0.2) is 4.79 Å². The van der Waals surface area contributed by atoms with E-state index < -0.39 is 12.1 Å². The van der Waals surface area contributed by atoms with Crippen LogP contribution in [0, 0.1) is 0 Å². The van der Waals surface area contributed by atoms with E-state index in [1.807, 2.05) is 13.0 Å². The average molecular weight is 271 g/mol. The number of nitrogens with one attached hydrogen (secondary N) is 1.